The second-order valence-corrected chi connectivity index (χ2v) is 9.67. The molecule has 1 N–H and O–H groups in total. The number of hydrogen-bond donors (Lipinski definition) is 1. The minimum atomic E-state index is -0.458. The van der Waals surface area contributed by atoms with Crippen LogP contribution in [-0.2, 0) is 12.3 Å². The summed E-state index contributed by atoms with van der Waals surface area (Å²) in [5, 5.41) is 7.53. The Bertz CT molecular complexity index is 1230. The summed E-state index contributed by atoms with van der Waals surface area (Å²) in [5.41, 5.74) is 5.69. The zero-order valence-electron chi connectivity index (χ0n) is 17.6. The molecular formula is C23H20ClFN4O2S2. The summed E-state index contributed by atoms with van der Waals surface area (Å²) in [4.78, 5) is 17.8. The number of thiophene rings is 1. The van der Waals surface area contributed by atoms with Crippen molar-refractivity contribution in [1.82, 2.24) is 10.3 Å². The summed E-state index contributed by atoms with van der Waals surface area (Å²) < 4.78 is 19.2. The molecule has 170 valence electrons. The number of carbonyl (C=O) groups excluding carboxylic acids is 1. The number of hydrogen-bond acceptors (Lipinski definition) is 7. The molecular weight excluding hydrogens is 483 g/mol. The van der Waals surface area contributed by atoms with E-state index in [9.17, 15) is 9.18 Å². The Labute approximate surface area is 204 Å². The fraction of sp³-hybridized carbons (Fsp3) is 0.217. The lowest BCUT2D eigenvalue weighted by atomic mass is 10.1. The van der Waals surface area contributed by atoms with Crippen LogP contribution in [0.1, 0.15) is 27.7 Å². The number of amidine groups is 1. The number of fused-ring (bicyclic) bond motifs is 3. The van der Waals surface area contributed by atoms with Crippen molar-refractivity contribution in [3.63, 3.8) is 0 Å². The average Bonchev–Trinajstić information content (AvgIpc) is 3.44. The number of ether oxygens (including phenoxy) is 1. The summed E-state index contributed by atoms with van der Waals surface area (Å²) in [6.45, 7) is 2.85. The Kier molecular flexibility index (Phi) is 6.18. The Balaban J connectivity index is 1.41. The SMILES string of the molecule is CCOc1ccccc1CN1C(=O)c2sccc2N2C(SCc3ccc(F)cc3Cl)=NNC12. The molecule has 0 radical (unpaired) electrons. The Morgan fingerprint density at radius 3 is 2.91 bits per heavy atom. The van der Waals surface area contributed by atoms with Crippen LogP contribution in [-0.4, -0.2) is 28.9 Å². The quantitative estimate of drug-likeness (QED) is 0.483. The fourth-order valence-electron chi connectivity index (χ4n) is 3.82. The van der Waals surface area contributed by atoms with Gasteiger partial charge in [0, 0.05) is 16.3 Å². The van der Waals surface area contributed by atoms with Gasteiger partial charge in [-0.2, -0.15) is 5.10 Å². The third-order valence-corrected chi connectivity index (χ3v) is 7.61. The van der Waals surface area contributed by atoms with Gasteiger partial charge in [0.15, 0.2) is 5.17 Å². The van der Waals surface area contributed by atoms with Crippen molar-refractivity contribution in [1.29, 1.82) is 0 Å². The van der Waals surface area contributed by atoms with Crippen molar-refractivity contribution in [3.8, 4) is 5.75 Å². The zero-order valence-corrected chi connectivity index (χ0v) is 20.0. The Morgan fingerprint density at radius 2 is 2.09 bits per heavy atom. The number of anilines is 1. The topological polar surface area (TPSA) is 57.2 Å². The molecule has 1 unspecified atom stereocenters. The predicted molar refractivity (Wildman–Crippen MR) is 131 cm³/mol. The van der Waals surface area contributed by atoms with Gasteiger partial charge in [0.1, 0.15) is 16.4 Å². The summed E-state index contributed by atoms with van der Waals surface area (Å²) in [5.74, 6) is 0.858. The number of hydrazone groups is 1. The first-order chi connectivity index (χ1) is 16.1. The molecule has 0 fully saturated rings. The van der Waals surface area contributed by atoms with E-state index < -0.39 is 6.29 Å². The van der Waals surface area contributed by atoms with Crippen LogP contribution in [0.3, 0.4) is 0 Å². The van der Waals surface area contributed by atoms with E-state index >= 15 is 0 Å². The number of nitrogens with zero attached hydrogens (tertiary/aromatic N) is 3. The smallest absolute Gasteiger partial charge is 0.269 e. The second-order valence-electron chi connectivity index (χ2n) is 7.40. The van der Waals surface area contributed by atoms with Gasteiger partial charge in [0.05, 0.1) is 18.8 Å². The molecule has 2 aliphatic rings. The number of thioether (sulfide) groups is 1. The molecule has 3 aromatic rings. The van der Waals surface area contributed by atoms with Crippen LogP contribution >= 0.6 is 34.7 Å². The Morgan fingerprint density at radius 1 is 1.24 bits per heavy atom. The van der Waals surface area contributed by atoms with E-state index in [0.29, 0.717) is 28.8 Å². The largest absolute Gasteiger partial charge is 0.494 e. The third kappa shape index (κ3) is 4.16. The lowest BCUT2D eigenvalue weighted by Crippen LogP contribution is -2.57. The van der Waals surface area contributed by atoms with Gasteiger partial charge in [-0.05, 0) is 42.1 Å². The summed E-state index contributed by atoms with van der Waals surface area (Å²) in [7, 11) is 0. The molecule has 2 aromatic carbocycles. The molecule has 0 aliphatic carbocycles. The van der Waals surface area contributed by atoms with Crippen molar-refractivity contribution in [2.75, 3.05) is 11.5 Å². The minimum absolute atomic E-state index is 0.0527. The minimum Gasteiger partial charge on any atom is -0.494 e. The molecule has 3 heterocycles. The lowest BCUT2D eigenvalue weighted by molar-refractivity contribution is 0.0627. The summed E-state index contributed by atoms with van der Waals surface area (Å²) >= 11 is 9.10. The van der Waals surface area contributed by atoms with Gasteiger partial charge < -0.3 is 4.74 Å². The molecule has 33 heavy (non-hydrogen) atoms. The fourth-order valence-corrected chi connectivity index (χ4v) is 5.96. The highest BCUT2D eigenvalue weighted by atomic mass is 35.5. The number of para-hydroxylation sites is 1. The van der Waals surface area contributed by atoms with Gasteiger partial charge in [-0.25, -0.2) is 4.39 Å². The van der Waals surface area contributed by atoms with Crippen molar-refractivity contribution in [2.45, 2.75) is 25.5 Å². The third-order valence-electron chi connectivity index (χ3n) is 5.37. The average molecular weight is 503 g/mol. The van der Waals surface area contributed by atoms with Crippen LogP contribution in [0.4, 0.5) is 10.1 Å². The molecule has 5 rings (SSSR count). The van der Waals surface area contributed by atoms with Gasteiger partial charge in [0.25, 0.3) is 5.91 Å². The number of halogens is 2. The molecule has 0 saturated carbocycles. The summed E-state index contributed by atoms with van der Waals surface area (Å²) in [6, 6.07) is 14.1. The maximum absolute atomic E-state index is 13.4. The molecule has 0 bridgehead atoms. The van der Waals surface area contributed by atoms with Crippen LogP contribution in [0.5, 0.6) is 5.75 Å². The van der Waals surface area contributed by atoms with Crippen molar-refractivity contribution < 1.29 is 13.9 Å². The summed E-state index contributed by atoms with van der Waals surface area (Å²) in [6.07, 6.45) is -0.458. The van der Waals surface area contributed by atoms with E-state index in [-0.39, 0.29) is 11.7 Å². The highest BCUT2D eigenvalue weighted by Gasteiger charge is 2.44. The molecule has 1 atom stereocenters. The Hall–Kier alpha value is -2.75. The second kappa shape index (κ2) is 9.24. The first-order valence-corrected chi connectivity index (χ1v) is 12.6. The number of amides is 1. The van der Waals surface area contributed by atoms with Crippen molar-refractivity contribution in [2.24, 2.45) is 5.10 Å². The number of rotatable bonds is 6. The van der Waals surface area contributed by atoms with Crippen LogP contribution in [0, 0.1) is 5.82 Å². The van der Waals surface area contributed by atoms with E-state index in [1.165, 1.54) is 35.2 Å². The van der Waals surface area contributed by atoms with Gasteiger partial charge in [-0.1, -0.05) is 47.6 Å². The monoisotopic (exact) mass is 502 g/mol. The molecule has 1 aromatic heterocycles. The van der Waals surface area contributed by atoms with E-state index in [1.54, 1.807) is 11.0 Å². The number of benzene rings is 2. The molecule has 0 spiro atoms. The molecule has 1 amide bonds. The van der Waals surface area contributed by atoms with Crippen molar-refractivity contribution >= 4 is 51.5 Å². The lowest BCUT2D eigenvalue weighted by Gasteiger charge is -2.39. The standard InChI is InChI=1S/C23H20ClFN4O2S2/c1-2-31-19-6-4-3-5-14(19)12-28-21(30)20-18(9-10-32-20)29-22(28)26-27-23(29)33-13-15-7-8-16(25)11-17(15)24/h3-11,22,26H,2,12-13H2,1H3. The van der Waals surface area contributed by atoms with Crippen LogP contribution < -0.4 is 15.1 Å². The highest BCUT2D eigenvalue weighted by molar-refractivity contribution is 8.13. The van der Waals surface area contributed by atoms with Gasteiger partial charge in [0.2, 0.25) is 6.29 Å². The van der Waals surface area contributed by atoms with Crippen LogP contribution in [0.25, 0.3) is 0 Å². The van der Waals surface area contributed by atoms with Gasteiger partial charge in [-0.15, -0.1) is 11.3 Å². The normalized spacial score (nSPS) is 16.9. The predicted octanol–water partition coefficient (Wildman–Crippen LogP) is 5.49. The van der Waals surface area contributed by atoms with Gasteiger partial charge >= 0.3 is 0 Å². The zero-order chi connectivity index (χ0) is 22.9. The van der Waals surface area contributed by atoms with E-state index in [1.807, 2.05) is 47.5 Å². The van der Waals surface area contributed by atoms with E-state index in [0.717, 1.165) is 27.7 Å². The molecule has 0 saturated heterocycles. The van der Waals surface area contributed by atoms with Gasteiger partial charge in [-0.3, -0.25) is 20.0 Å². The first kappa shape index (κ1) is 22.1. The number of carbonyl (C=O) groups is 1. The maximum atomic E-state index is 13.4. The van der Waals surface area contributed by atoms with E-state index in [2.05, 4.69) is 10.5 Å². The maximum Gasteiger partial charge on any atom is 0.269 e. The highest BCUT2D eigenvalue weighted by Crippen LogP contribution is 2.39. The number of nitrogens with one attached hydrogen (secondary N) is 1. The van der Waals surface area contributed by atoms with Crippen molar-refractivity contribution in [3.05, 3.63) is 80.8 Å². The van der Waals surface area contributed by atoms with Crippen LogP contribution in [0.15, 0.2) is 59.0 Å². The molecule has 10 heteroatoms. The van der Waals surface area contributed by atoms with Crippen LogP contribution in [0.2, 0.25) is 5.02 Å². The molecule has 6 nitrogen and oxygen atoms in total. The first-order valence-electron chi connectivity index (χ1n) is 10.3. The molecule has 2 aliphatic heterocycles. The van der Waals surface area contributed by atoms with E-state index in [4.69, 9.17) is 16.3 Å².